The molecule has 2 heterocycles. The molecule has 0 atom stereocenters. The maximum atomic E-state index is 12.9. The van der Waals surface area contributed by atoms with Gasteiger partial charge in [0.1, 0.15) is 5.00 Å². The Bertz CT molecular complexity index is 982. The van der Waals surface area contributed by atoms with E-state index in [1.807, 2.05) is 32.0 Å². The summed E-state index contributed by atoms with van der Waals surface area (Å²) in [6.45, 7) is 8.63. The van der Waals surface area contributed by atoms with Gasteiger partial charge in [0.05, 0.1) is 25.3 Å². The van der Waals surface area contributed by atoms with E-state index in [0.717, 1.165) is 21.6 Å². The fourth-order valence-electron chi connectivity index (χ4n) is 3.43. The summed E-state index contributed by atoms with van der Waals surface area (Å²) in [6, 6.07) is 5.67. The molecule has 2 aromatic rings. The molecule has 30 heavy (non-hydrogen) atoms. The minimum atomic E-state index is -0.462. The molecule has 3 rings (SSSR count). The van der Waals surface area contributed by atoms with Gasteiger partial charge in [-0.15, -0.1) is 11.3 Å². The van der Waals surface area contributed by atoms with E-state index in [9.17, 15) is 14.4 Å². The fraction of sp³-hybridized carbons (Fsp3) is 0.409. The lowest BCUT2D eigenvalue weighted by Crippen LogP contribution is -2.36. The van der Waals surface area contributed by atoms with Crippen molar-refractivity contribution in [3.05, 3.63) is 50.9 Å². The number of aryl methyl sites for hydroxylation is 2. The summed E-state index contributed by atoms with van der Waals surface area (Å²) in [5.74, 6) is -0.738. The maximum Gasteiger partial charge on any atom is 0.410 e. The SMILES string of the molecule is CCOC(=O)c1c(NC(=O)c2cc(C)ccc2C)sc2c1CCN(C(=O)OCC)C2. The third-order valence-electron chi connectivity index (χ3n) is 4.93. The smallest absolute Gasteiger partial charge is 0.410 e. The van der Waals surface area contributed by atoms with E-state index in [4.69, 9.17) is 9.47 Å². The zero-order chi connectivity index (χ0) is 21.8. The van der Waals surface area contributed by atoms with E-state index in [-0.39, 0.29) is 18.6 Å². The Kier molecular flexibility index (Phi) is 6.77. The van der Waals surface area contributed by atoms with E-state index in [1.165, 1.54) is 11.3 Å². The molecule has 7 nitrogen and oxygen atoms in total. The molecule has 1 N–H and O–H groups in total. The standard InChI is InChI=1S/C22H26N2O5S/c1-5-28-21(26)18-15-9-10-24(22(27)29-6-2)12-17(15)30-20(18)23-19(25)16-11-13(3)7-8-14(16)4/h7-8,11H,5-6,9-10,12H2,1-4H3,(H,23,25). The van der Waals surface area contributed by atoms with Crippen LogP contribution in [0.4, 0.5) is 9.80 Å². The van der Waals surface area contributed by atoms with Gasteiger partial charge in [0, 0.05) is 17.0 Å². The number of carbonyl (C=O) groups excluding carboxylic acids is 3. The van der Waals surface area contributed by atoms with Crippen molar-refractivity contribution in [1.29, 1.82) is 0 Å². The monoisotopic (exact) mass is 430 g/mol. The third kappa shape index (κ3) is 4.48. The average Bonchev–Trinajstić information content (AvgIpc) is 3.07. The van der Waals surface area contributed by atoms with Crippen molar-refractivity contribution in [2.45, 2.75) is 40.7 Å². The second-order valence-electron chi connectivity index (χ2n) is 7.07. The number of fused-ring (bicyclic) bond motifs is 1. The van der Waals surface area contributed by atoms with Crippen LogP contribution in [-0.4, -0.2) is 42.6 Å². The van der Waals surface area contributed by atoms with Crippen LogP contribution in [0.5, 0.6) is 0 Å². The number of nitrogens with one attached hydrogen (secondary N) is 1. The van der Waals surface area contributed by atoms with Crippen LogP contribution < -0.4 is 5.32 Å². The summed E-state index contributed by atoms with van der Waals surface area (Å²) in [5, 5.41) is 3.36. The van der Waals surface area contributed by atoms with Crippen molar-refractivity contribution in [2.24, 2.45) is 0 Å². The molecular formula is C22H26N2O5S. The van der Waals surface area contributed by atoms with Crippen LogP contribution in [0, 0.1) is 13.8 Å². The Morgan fingerprint density at radius 3 is 2.57 bits per heavy atom. The van der Waals surface area contributed by atoms with E-state index in [2.05, 4.69) is 5.32 Å². The molecule has 0 fully saturated rings. The van der Waals surface area contributed by atoms with Gasteiger partial charge in [-0.2, -0.15) is 0 Å². The molecule has 0 bridgehead atoms. The van der Waals surface area contributed by atoms with Crippen LogP contribution in [0.1, 0.15) is 56.1 Å². The number of nitrogens with zero attached hydrogens (tertiary/aromatic N) is 1. The van der Waals surface area contributed by atoms with E-state index >= 15 is 0 Å². The van der Waals surface area contributed by atoms with Crippen molar-refractivity contribution in [3.63, 3.8) is 0 Å². The highest BCUT2D eigenvalue weighted by atomic mass is 32.1. The highest BCUT2D eigenvalue weighted by Gasteiger charge is 2.31. The number of esters is 1. The summed E-state index contributed by atoms with van der Waals surface area (Å²) in [5.41, 5.74) is 3.61. The van der Waals surface area contributed by atoms with Gasteiger partial charge in [0.25, 0.3) is 5.91 Å². The Labute approximate surface area is 180 Å². The predicted octanol–water partition coefficient (Wildman–Crippen LogP) is 4.31. The van der Waals surface area contributed by atoms with Crippen LogP contribution in [0.2, 0.25) is 0 Å². The lowest BCUT2D eigenvalue weighted by Gasteiger charge is -2.26. The van der Waals surface area contributed by atoms with E-state index < -0.39 is 5.97 Å². The zero-order valence-electron chi connectivity index (χ0n) is 17.7. The number of amides is 2. The number of hydrogen-bond acceptors (Lipinski definition) is 6. The number of thiophene rings is 1. The molecule has 0 saturated heterocycles. The molecule has 0 aliphatic carbocycles. The molecule has 8 heteroatoms. The van der Waals surface area contributed by atoms with Gasteiger partial charge in [-0.3, -0.25) is 4.79 Å². The quantitative estimate of drug-likeness (QED) is 0.715. The average molecular weight is 431 g/mol. The molecule has 1 aliphatic heterocycles. The van der Waals surface area contributed by atoms with Crippen LogP contribution in [0.15, 0.2) is 18.2 Å². The number of ether oxygens (including phenoxy) is 2. The molecule has 2 amide bonds. The summed E-state index contributed by atoms with van der Waals surface area (Å²) < 4.78 is 10.3. The lowest BCUT2D eigenvalue weighted by atomic mass is 10.0. The third-order valence-corrected chi connectivity index (χ3v) is 6.06. The molecule has 0 spiro atoms. The minimum Gasteiger partial charge on any atom is -0.462 e. The molecule has 1 aromatic carbocycles. The predicted molar refractivity (Wildman–Crippen MR) is 115 cm³/mol. The van der Waals surface area contributed by atoms with Gasteiger partial charge in [-0.1, -0.05) is 17.7 Å². The fourth-order valence-corrected chi connectivity index (χ4v) is 4.68. The van der Waals surface area contributed by atoms with Crippen molar-refractivity contribution >= 4 is 34.3 Å². The highest BCUT2D eigenvalue weighted by Crippen LogP contribution is 2.38. The number of benzene rings is 1. The number of rotatable bonds is 5. The van der Waals surface area contributed by atoms with Gasteiger partial charge >= 0.3 is 12.1 Å². The first kappa shape index (κ1) is 21.8. The minimum absolute atomic E-state index is 0.239. The van der Waals surface area contributed by atoms with Gasteiger partial charge in [0.15, 0.2) is 0 Å². The van der Waals surface area contributed by atoms with Crippen LogP contribution in [-0.2, 0) is 22.4 Å². The van der Waals surface area contributed by atoms with Crippen LogP contribution >= 0.6 is 11.3 Å². The number of hydrogen-bond donors (Lipinski definition) is 1. The van der Waals surface area contributed by atoms with Crippen molar-refractivity contribution < 1.29 is 23.9 Å². The first-order valence-corrected chi connectivity index (χ1v) is 10.8. The van der Waals surface area contributed by atoms with Crippen molar-refractivity contribution in [2.75, 3.05) is 25.1 Å². The molecule has 0 saturated carbocycles. The van der Waals surface area contributed by atoms with Crippen molar-refractivity contribution in [3.8, 4) is 0 Å². The Morgan fingerprint density at radius 1 is 1.13 bits per heavy atom. The van der Waals surface area contributed by atoms with Gasteiger partial charge < -0.3 is 19.7 Å². The first-order chi connectivity index (χ1) is 14.3. The molecular weight excluding hydrogens is 404 g/mol. The van der Waals surface area contributed by atoms with E-state index in [0.29, 0.717) is 42.2 Å². The lowest BCUT2D eigenvalue weighted by molar-refractivity contribution is 0.0526. The topological polar surface area (TPSA) is 84.9 Å². The number of anilines is 1. The summed E-state index contributed by atoms with van der Waals surface area (Å²) in [6.07, 6.45) is 0.119. The first-order valence-electron chi connectivity index (χ1n) is 9.97. The largest absolute Gasteiger partial charge is 0.462 e. The number of carbonyl (C=O) groups is 3. The van der Waals surface area contributed by atoms with Crippen LogP contribution in [0.25, 0.3) is 0 Å². The van der Waals surface area contributed by atoms with Gasteiger partial charge in [0.2, 0.25) is 0 Å². The second-order valence-corrected chi connectivity index (χ2v) is 8.18. The molecule has 0 radical (unpaired) electrons. The summed E-state index contributed by atoms with van der Waals surface area (Å²) >= 11 is 1.31. The Balaban J connectivity index is 1.94. The second kappa shape index (κ2) is 9.30. The van der Waals surface area contributed by atoms with Gasteiger partial charge in [-0.25, -0.2) is 9.59 Å². The maximum absolute atomic E-state index is 12.9. The molecule has 0 unspecified atom stereocenters. The van der Waals surface area contributed by atoms with Gasteiger partial charge in [-0.05, 0) is 51.3 Å². The Hall–Kier alpha value is -2.87. The molecule has 160 valence electrons. The Morgan fingerprint density at radius 2 is 1.87 bits per heavy atom. The summed E-state index contributed by atoms with van der Waals surface area (Å²) in [7, 11) is 0. The highest BCUT2D eigenvalue weighted by molar-refractivity contribution is 7.17. The van der Waals surface area contributed by atoms with E-state index in [1.54, 1.807) is 18.7 Å². The molecule has 1 aliphatic rings. The molecule has 1 aromatic heterocycles. The normalized spacial score (nSPS) is 12.9. The summed E-state index contributed by atoms with van der Waals surface area (Å²) in [4.78, 5) is 40.2. The van der Waals surface area contributed by atoms with Crippen molar-refractivity contribution in [1.82, 2.24) is 4.90 Å². The van der Waals surface area contributed by atoms with Crippen LogP contribution in [0.3, 0.4) is 0 Å². The zero-order valence-corrected chi connectivity index (χ0v) is 18.5.